The van der Waals surface area contributed by atoms with Crippen molar-refractivity contribution in [3.63, 3.8) is 0 Å². The Labute approximate surface area is 173 Å². The maximum absolute atomic E-state index is 12.7. The number of rotatable bonds is 9. The van der Waals surface area contributed by atoms with Gasteiger partial charge in [-0.2, -0.15) is 0 Å². The molecule has 146 valence electrons. The molecule has 1 aromatic heterocycles. The molecular formula is C19H25N3O2S3. The Bertz CT molecular complexity index is 755. The van der Waals surface area contributed by atoms with Crippen LogP contribution in [0.15, 0.2) is 39.0 Å². The summed E-state index contributed by atoms with van der Waals surface area (Å²) in [7, 11) is 0. The molecule has 2 rings (SSSR count). The van der Waals surface area contributed by atoms with Crippen molar-refractivity contribution >= 4 is 46.6 Å². The minimum absolute atomic E-state index is 0.0676. The van der Waals surface area contributed by atoms with E-state index in [1.807, 2.05) is 69.9 Å². The molecule has 8 heteroatoms. The molecule has 0 fully saturated rings. The van der Waals surface area contributed by atoms with E-state index >= 15 is 0 Å². The fraction of sp³-hybridized carbons (Fsp3) is 0.474. The Morgan fingerprint density at radius 3 is 2.19 bits per heavy atom. The normalized spacial score (nSPS) is 12.4. The molecule has 0 aliphatic carbocycles. The van der Waals surface area contributed by atoms with Gasteiger partial charge in [-0.05, 0) is 34.6 Å². The Kier molecular flexibility index (Phi) is 8.31. The van der Waals surface area contributed by atoms with E-state index in [0.717, 1.165) is 8.68 Å². The number of carbonyl (C=O) groups is 2. The molecule has 0 aliphatic heterocycles. The molecule has 2 aromatic rings. The second-order valence-electron chi connectivity index (χ2n) is 6.60. The van der Waals surface area contributed by atoms with Crippen LogP contribution in [0, 0.1) is 0 Å². The van der Waals surface area contributed by atoms with Crippen LogP contribution in [-0.2, 0) is 4.79 Å². The van der Waals surface area contributed by atoms with Gasteiger partial charge in [0.05, 0.1) is 11.0 Å². The van der Waals surface area contributed by atoms with E-state index in [0.29, 0.717) is 11.3 Å². The predicted molar refractivity (Wildman–Crippen MR) is 114 cm³/mol. The molecule has 1 amide bonds. The minimum atomic E-state index is -0.230. The molecule has 27 heavy (non-hydrogen) atoms. The lowest BCUT2D eigenvalue weighted by atomic mass is 10.2. The molecule has 0 saturated heterocycles. The second-order valence-corrected chi connectivity index (χ2v) is 10.4. The first-order valence-electron chi connectivity index (χ1n) is 8.83. The number of carbonyl (C=O) groups excluding carboxylic acids is 2. The zero-order valence-corrected chi connectivity index (χ0v) is 18.7. The Morgan fingerprint density at radius 1 is 1.00 bits per heavy atom. The van der Waals surface area contributed by atoms with E-state index < -0.39 is 0 Å². The maximum atomic E-state index is 12.7. The van der Waals surface area contributed by atoms with Gasteiger partial charge >= 0.3 is 0 Å². The monoisotopic (exact) mass is 423 g/mol. The number of aromatic nitrogens is 2. The largest absolute Gasteiger partial charge is 0.337 e. The van der Waals surface area contributed by atoms with Gasteiger partial charge in [0.15, 0.2) is 14.5 Å². The number of amides is 1. The fourth-order valence-corrected chi connectivity index (χ4v) is 5.77. The SMILES string of the molecule is CC(C)N(C(=O)[C@H](C)Sc1nnc(SCC(=O)c2ccccc2)s1)C(C)C. The molecule has 0 unspecified atom stereocenters. The van der Waals surface area contributed by atoms with Crippen LogP contribution in [0.4, 0.5) is 0 Å². The van der Waals surface area contributed by atoms with E-state index in [-0.39, 0.29) is 29.0 Å². The van der Waals surface area contributed by atoms with Crippen LogP contribution in [0.3, 0.4) is 0 Å². The van der Waals surface area contributed by atoms with Crippen LogP contribution in [0.1, 0.15) is 45.0 Å². The van der Waals surface area contributed by atoms with Crippen molar-refractivity contribution in [3.05, 3.63) is 35.9 Å². The number of Topliss-reactive ketones (excluding diaryl/α,β-unsaturated/α-hetero) is 1. The van der Waals surface area contributed by atoms with Crippen LogP contribution in [0.25, 0.3) is 0 Å². The lowest BCUT2D eigenvalue weighted by Crippen LogP contribution is -2.45. The molecule has 0 radical (unpaired) electrons. The summed E-state index contributed by atoms with van der Waals surface area (Å²) in [6.07, 6.45) is 0. The van der Waals surface area contributed by atoms with Gasteiger partial charge in [-0.15, -0.1) is 10.2 Å². The van der Waals surface area contributed by atoms with Gasteiger partial charge in [0.25, 0.3) is 0 Å². The van der Waals surface area contributed by atoms with E-state index in [1.165, 1.54) is 34.9 Å². The van der Waals surface area contributed by atoms with Crippen molar-refractivity contribution in [2.45, 2.75) is 60.6 Å². The lowest BCUT2D eigenvalue weighted by molar-refractivity contribution is -0.133. The minimum Gasteiger partial charge on any atom is -0.337 e. The number of nitrogens with zero attached hydrogens (tertiary/aromatic N) is 3. The molecule has 0 aliphatic rings. The molecular weight excluding hydrogens is 398 g/mol. The smallest absolute Gasteiger partial charge is 0.236 e. The summed E-state index contributed by atoms with van der Waals surface area (Å²) in [6.45, 7) is 10.0. The third-order valence-electron chi connectivity index (χ3n) is 3.80. The molecule has 0 spiro atoms. The summed E-state index contributed by atoms with van der Waals surface area (Å²) in [5.74, 6) is 0.499. The first kappa shape index (κ1) is 21.9. The van der Waals surface area contributed by atoms with Gasteiger partial charge in [-0.1, -0.05) is 65.2 Å². The van der Waals surface area contributed by atoms with E-state index in [1.54, 1.807) is 0 Å². The van der Waals surface area contributed by atoms with Crippen LogP contribution >= 0.6 is 34.9 Å². The summed E-state index contributed by atoms with van der Waals surface area (Å²) in [4.78, 5) is 26.8. The molecule has 0 bridgehead atoms. The highest BCUT2D eigenvalue weighted by Gasteiger charge is 2.26. The fourth-order valence-electron chi connectivity index (χ4n) is 2.65. The van der Waals surface area contributed by atoms with Gasteiger partial charge in [0, 0.05) is 17.6 Å². The number of ketones is 1. The molecule has 5 nitrogen and oxygen atoms in total. The quantitative estimate of drug-likeness (QED) is 0.432. The Morgan fingerprint density at radius 2 is 1.59 bits per heavy atom. The first-order chi connectivity index (χ1) is 12.8. The van der Waals surface area contributed by atoms with Crippen LogP contribution in [0.5, 0.6) is 0 Å². The molecule has 1 atom stereocenters. The van der Waals surface area contributed by atoms with E-state index in [4.69, 9.17) is 0 Å². The summed E-state index contributed by atoms with van der Waals surface area (Å²) in [5.41, 5.74) is 0.700. The molecule has 1 heterocycles. The zero-order valence-electron chi connectivity index (χ0n) is 16.2. The summed E-state index contributed by atoms with van der Waals surface area (Å²) in [6, 6.07) is 9.54. The molecule has 0 saturated carbocycles. The van der Waals surface area contributed by atoms with E-state index in [9.17, 15) is 9.59 Å². The average molecular weight is 424 g/mol. The van der Waals surface area contributed by atoms with Crippen LogP contribution in [-0.4, -0.2) is 49.9 Å². The topological polar surface area (TPSA) is 63.2 Å². The van der Waals surface area contributed by atoms with Crippen molar-refractivity contribution < 1.29 is 9.59 Å². The second kappa shape index (κ2) is 10.2. The third kappa shape index (κ3) is 6.33. The van der Waals surface area contributed by atoms with Gasteiger partial charge in [0.2, 0.25) is 5.91 Å². The van der Waals surface area contributed by atoms with Gasteiger partial charge < -0.3 is 4.90 Å². The summed E-state index contributed by atoms with van der Waals surface area (Å²) >= 11 is 4.23. The number of hydrogen-bond acceptors (Lipinski definition) is 7. The van der Waals surface area contributed by atoms with Crippen molar-refractivity contribution in [1.82, 2.24) is 15.1 Å². The maximum Gasteiger partial charge on any atom is 0.236 e. The third-order valence-corrected chi connectivity index (χ3v) is 7.03. The lowest BCUT2D eigenvalue weighted by Gasteiger charge is -2.32. The van der Waals surface area contributed by atoms with E-state index in [2.05, 4.69) is 10.2 Å². The molecule has 0 N–H and O–H groups in total. The predicted octanol–water partition coefficient (Wildman–Crippen LogP) is 4.64. The van der Waals surface area contributed by atoms with Gasteiger partial charge in [-0.25, -0.2) is 0 Å². The van der Waals surface area contributed by atoms with Gasteiger partial charge in [0.1, 0.15) is 0 Å². The zero-order chi connectivity index (χ0) is 20.0. The summed E-state index contributed by atoms with van der Waals surface area (Å²) in [5, 5.41) is 8.08. The summed E-state index contributed by atoms with van der Waals surface area (Å²) < 4.78 is 1.49. The highest BCUT2D eigenvalue weighted by atomic mass is 32.2. The van der Waals surface area contributed by atoms with Crippen LogP contribution < -0.4 is 0 Å². The van der Waals surface area contributed by atoms with Crippen molar-refractivity contribution in [2.24, 2.45) is 0 Å². The van der Waals surface area contributed by atoms with Crippen molar-refractivity contribution in [3.8, 4) is 0 Å². The molecule has 1 aromatic carbocycles. The van der Waals surface area contributed by atoms with Crippen LogP contribution in [0.2, 0.25) is 0 Å². The number of hydrogen-bond donors (Lipinski definition) is 0. The Hall–Kier alpha value is -1.38. The standard InChI is InChI=1S/C19H25N3O2S3/c1-12(2)22(13(3)4)17(24)14(5)26-19-21-20-18(27-19)25-11-16(23)15-9-7-6-8-10-15/h6-10,12-14H,11H2,1-5H3/t14-/m0/s1. The number of benzene rings is 1. The van der Waals surface area contributed by atoms with Gasteiger partial charge in [-0.3, -0.25) is 9.59 Å². The number of thioether (sulfide) groups is 2. The highest BCUT2D eigenvalue weighted by Crippen LogP contribution is 2.32. The Balaban J connectivity index is 1.91. The first-order valence-corrected chi connectivity index (χ1v) is 11.5. The average Bonchev–Trinajstić information content (AvgIpc) is 3.07. The highest BCUT2D eigenvalue weighted by molar-refractivity contribution is 8.04. The van der Waals surface area contributed by atoms with Crippen molar-refractivity contribution in [2.75, 3.05) is 5.75 Å². The van der Waals surface area contributed by atoms with Crippen molar-refractivity contribution in [1.29, 1.82) is 0 Å².